The number of rotatable bonds is 3. The number of nitrogens with one attached hydrogen (secondary N) is 2. The average Bonchev–Trinajstić information content (AvgIpc) is 2.33. The second-order valence-electron chi connectivity index (χ2n) is 4.27. The zero-order valence-corrected chi connectivity index (χ0v) is 11.0. The molecule has 2 nitrogen and oxygen atoms in total. The molecule has 0 saturated carbocycles. The third-order valence-corrected chi connectivity index (χ3v) is 3.57. The van der Waals surface area contributed by atoms with Crippen LogP contribution >= 0.6 is 15.9 Å². The molecule has 0 aliphatic carbocycles. The van der Waals surface area contributed by atoms with Crippen molar-refractivity contribution in [3.8, 4) is 0 Å². The first-order valence-electron chi connectivity index (χ1n) is 5.78. The number of anilines is 1. The smallest absolute Gasteiger partial charge is 0.149 e. The molecule has 1 aromatic carbocycles. The van der Waals surface area contributed by atoms with E-state index in [4.69, 9.17) is 0 Å². The third-order valence-electron chi connectivity index (χ3n) is 2.96. The number of benzene rings is 1. The molecule has 94 valence electrons. The molecular weight excluding hydrogens is 290 g/mol. The maximum Gasteiger partial charge on any atom is 0.149 e. The lowest BCUT2D eigenvalue weighted by Gasteiger charge is -2.24. The van der Waals surface area contributed by atoms with Gasteiger partial charge in [0.15, 0.2) is 0 Å². The van der Waals surface area contributed by atoms with Crippen molar-refractivity contribution in [1.82, 2.24) is 5.32 Å². The fraction of sp³-hybridized carbons (Fsp3) is 0.500. The standard InChI is InChI=1S/C12H15BrF2N2/c13-9-5-12(11(15)6-10(9)14)17-7-8-3-1-2-4-16-8/h5-6,8,16-17H,1-4,7H2. The third kappa shape index (κ3) is 3.39. The zero-order valence-electron chi connectivity index (χ0n) is 9.40. The summed E-state index contributed by atoms with van der Waals surface area (Å²) in [4.78, 5) is 0. The van der Waals surface area contributed by atoms with Crippen LogP contribution in [0, 0.1) is 11.6 Å². The van der Waals surface area contributed by atoms with E-state index in [0.29, 0.717) is 18.3 Å². The van der Waals surface area contributed by atoms with Gasteiger partial charge in [-0.3, -0.25) is 0 Å². The van der Waals surface area contributed by atoms with E-state index in [2.05, 4.69) is 26.6 Å². The Morgan fingerprint density at radius 1 is 1.29 bits per heavy atom. The summed E-state index contributed by atoms with van der Waals surface area (Å²) >= 11 is 3.05. The molecule has 1 atom stereocenters. The van der Waals surface area contributed by atoms with Crippen LogP contribution in [-0.4, -0.2) is 19.1 Å². The molecule has 1 aliphatic rings. The van der Waals surface area contributed by atoms with Crippen molar-refractivity contribution in [2.45, 2.75) is 25.3 Å². The molecule has 0 radical (unpaired) electrons. The van der Waals surface area contributed by atoms with Crippen LogP contribution < -0.4 is 10.6 Å². The van der Waals surface area contributed by atoms with Crippen LogP contribution in [0.5, 0.6) is 0 Å². The Morgan fingerprint density at radius 3 is 2.82 bits per heavy atom. The summed E-state index contributed by atoms with van der Waals surface area (Å²) in [5, 5.41) is 6.38. The van der Waals surface area contributed by atoms with Gasteiger partial charge < -0.3 is 10.6 Å². The average molecular weight is 305 g/mol. The normalized spacial score (nSPS) is 20.3. The zero-order chi connectivity index (χ0) is 12.3. The molecule has 1 heterocycles. The van der Waals surface area contributed by atoms with Gasteiger partial charge >= 0.3 is 0 Å². The molecule has 0 amide bonds. The van der Waals surface area contributed by atoms with Crippen LogP contribution in [-0.2, 0) is 0 Å². The van der Waals surface area contributed by atoms with E-state index in [1.54, 1.807) is 0 Å². The molecule has 1 aromatic rings. The second kappa shape index (κ2) is 5.78. The van der Waals surface area contributed by atoms with Crippen LogP contribution in [0.3, 0.4) is 0 Å². The van der Waals surface area contributed by atoms with Gasteiger partial charge in [-0.05, 0) is 41.4 Å². The topological polar surface area (TPSA) is 24.1 Å². The van der Waals surface area contributed by atoms with E-state index >= 15 is 0 Å². The van der Waals surface area contributed by atoms with Crippen molar-refractivity contribution in [3.05, 3.63) is 28.2 Å². The Labute approximate surface area is 108 Å². The number of hydrogen-bond donors (Lipinski definition) is 2. The molecule has 1 saturated heterocycles. The van der Waals surface area contributed by atoms with Gasteiger partial charge in [0.05, 0.1) is 10.2 Å². The Bertz CT molecular complexity index is 392. The lowest BCUT2D eigenvalue weighted by atomic mass is 10.1. The van der Waals surface area contributed by atoms with Crippen LogP contribution in [0.25, 0.3) is 0 Å². The summed E-state index contributed by atoms with van der Waals surface area (Å²) in [5.74, 6) is -1.13. The van der Waals surface area contributed by atoms with Gasteiger partial charge in [0, 0.05) is 18.7 Å². The predicted octanol–water partition coefficient (Wildman–Crippen LogP) is 3.28. The maximum absolute atomic E-state index is 13.4. The highest BCUT2D eigenvalue weighted by Gasteiger charge is 2.13. The van der Waals surface area contributed by atoms with E-state index in [-0.39, 0.29) is 4.47 Å². The molecule has 0 aromatic heterocycles. The Morgan fingerprint density at radius 2 is 2.12 bits per heavy atom. The van der Waals surface area contributed by atoms with Crippen molar-refractivity contribution in [3.63, 3.8) is 0 Å². The minimum atomic E-state index is -0.580. The highest BCUT2D eigenvalue weighted by atomic mass is 79.9. The number of hydrogen-bond acceptors (Lipinski definition) is 2. The molecule has 17 heavy (non-hydrogen) atoms. The van der Waals surface area contributed by atoms with Crippen molar-refractivity contribution < 1.29 is 8.78 Å². The van der Waals surface area contributed by atoms with Crippen LogP contribution in [0.2, 0.25) is 0 Å². The highest BCUT2D eigenvalue weighted by Crippen LogP contribution is 2.23. The fourth-order valence-electron chi connectivity index (χ4n) is 1.99. The molecule has 2 rings (SSSR count). The Balaban J connectivity index is 1.96. The van der Waals surface area contributed by atoms with E-state index in [1.165, 1.54) is 18.9 Å². The van der Waals surface area contributed by atoms with Gasteiger partial charge in [0.2, 0.25) is 0 Å². The molecular formula is C12H15BrF2N2. The lowest BCUT2D eigenvalue weighted by Crippen LogP contribution is -2.39. The van der Waals surface area contributed by atoms with E-state index in [9.17, 15) is 8.78 Å². The molecule has 5 heteroatoms. The van der Waals surface area contributed by atoms with Crippen molar-refractivity contribution in [2.75, 3.05) is 18.4 Å². The fourth-order valence-corrected chi connectivity index (χ4v) is 2.33. The van der Waals surface area contributed by atoms with Gasteiger partial charge in [-0.15, -0.1) is 0 Å². The maximum atomic E-state index is 13.4. The van der Waals surface area contributed by atoms with E-state index < -0.39 is 11.6 Å². The Kier molecular flexibility index (Phi) is 4.34. The first kappa shape index (κ1) is 12.8. The van der Waals surface area contributed by atoms with Crippen molar-refractivity contribution in [2.24, 2.45) is 0 Å². The van der Waals surface area contributed by atoms with E-state index in [1.807, 2.05) is 0 Å². The van der Waals surface area contributed by atoms with Gasteiger partial charge in [-0.2, -0.15) is 0 Å². The monoisotopic (exact) mass is 304 g/mol. The first-order chi connectivity index (χ1) is 8.16. The molecule has 0 spiro atoms. The minimum absolute atomic E-state index is 0.276. The summed E-state index contributed by atoms with van der Waals surface area (Å²) in [6.45, 7) is 1.68. The summed E-state index contributed by atoms with van der Waals surface area (Å²) in [5.41, 5.74) is 0.339. The Hall–Kier alpha value is -0.680. The van der Waals surface area contributed by atoms with Gasteiger partial charge in [0.25, 0.3) is 0 Å². The van der Waals surface area contributed by atoms with Crippen LogP contribution in [0.1, 0.15) is 19.3 Å². The largest absolute Gasteiger partial charge is 0.381 e. The quantitative estimate of drug-likeness (QED) is 0.838. The van der Waals surface area contributed by atoms with Gasteiger partial charge in [0.1, 0.15) is 11.6 Å². The molecule has 1 unspecified atom stereocenters. The highest BCUT2D eigenvalue weighted by molar-refractivity contribution is 9.10. The second-order valence-corrected chi connectivity index (χ2v) is 5.13. The summed E-state index contributed by atoms with van der Waals surface area (Å²) in [6.07, 6.45) is 3.50. The predicted molar refractivity (Wildman–Crippen MR) is 68.2 cm³/mol. The molecule has 1 aliphatic heterocycles. The van der Waals surface area contributed by atoms with Crippen molar-refractivity contribution >= 4 is 21.6 Å². The molecule has 0 bridgehead atoms. The molecule has 2 N–H and O–H groups in total. The summed E-state index contributed by atoms with van der Waals surface area (Å²) < 4.78 is 26.7. The van der Waals surface area contributed by atoms with Gasteiger partial charge in [-0.25, -0.2) is 8.78 Å². The van der Waals surface area contributed by atoms with Crippen LogP contribution in [0.4, 0.5) is 14.5 Å². The SMILES string of the molecule is Fc1cc(F)c(NCC2CCCCN2)cc1Br. The molecule has 1 fully saturated rings. The van der Waals surface area contributed by atoms with E-state index in [0.717, 1.165) is 19.0 Å². The lowest BCUT2D eigenvalue weighted by molar-refractivity contribution is 0.413. The summed E-state index contributed by atoms with van der Waals surface area (Å²) in [6, 6.07) is 2.70. The summed E-state index contributed by atoms with van der Waals surface area (Å²) in [7, 11) is 0. The first-order valence-corrected chi connectivity index (χ1v) is 6.58. The van der Waals surface area contributed by atoms with Gasteiger partial charge in [-0.1, -0.05) is 6.42 Å². The van der Waals surface area contributed by atoms with Crippen LogP contribution in [0.15, 0.2) is 16.6 Å². The minimum Gasteiger partial charge on any atom is -0.381 e. The number of piperidine rings is 1. The number of halogens is 3. The van der Waals surface area contributed by atoms with Crippen molar-refractivity contribution in [1.29, 1.82) is 0 Å².